The van der Waals surface area contributed by atoms with E-state index >= 15 is 0 Å². The highest BCUT2D eigenvalue weighted by Gasteiger charge is 2.07. The quantitative estimate of drug-likeness (QED) is 0.325. The van der Waals surface area contributed by atoms with Crippen molar-refractivity contribution in [2.45, 2.75) is 71.1 Å². The normalized spacial score (nSPS) is 10.6. The summed E-state index contributed by atoms with van der Waals surface area (Å²) in [5.41, 5.74) is 1.90. The van der Waals surface area contributed by atoms with Crippen LogP contribution in [0.25, 0.3) is 0 Å². The van der Waals surface area contributed by atoms with Crippen LogP contribution in [0.5, 0.6) is 0 Å². The minimum Gasteiger partial charge on any atom is -0.326 e. The van der Waals surface area contributed by atoms with E-state index in [0.717, 1.165) is 18.5 Å². The predicted octanol–water partition coefficient (Wildman–Crippen LogP) is 7.45. The van der Waals surface area contributed by atoms with E-state index in [1.807, 2.05) is 0 Å². The number of carbonyl (C=O) groups excluding carboxylic acids is 2. The summed E-state index contributed by atoms with van der Waals surface area (Å²) in [6, 6.07) is 13.9. The third-order valence-electron chi connectivity index (χ3n) is 5.02. The van der Waals surface area contributed by atoms with Gasteiger partial charge in [-0.15, -0.1) is 0 Å². The second-order valence-corrected chi connectivity index (χ2v) is 8.10. The van der Waals surface area contributed by atoms with E-state index in [9.17, 15) is 9.59 Å². The van der Waals surface area contributed by atoms with E-state index in [4.69, 9.17) is 11.6 Å². The second-order valence-electron chi connectivity index (χ2n) is 7.67. The van der Waals surface area contributed by atoms with Crippen molar-refractivity contribution in [1.29, 1.82) is 0 Å². The van der Waals surface area contributed by atoms with E-state index in [1.165, 1.54) is 44.9 Å². The fraction of sp³-hybridized carbons (Fsp3) is 0.440. The summed E-state index contributed by atoms with van der Waals surface area (Å²) in [7, 11) is 0. The highest BCUT2D eigenvalue weighted by Crippen LogP contribution is 2.17. The monoisotopic (exact) mass is 428 g/mol. The predicted molar refractivity (Wildman–Crippen MR) is 126 cm³/mol. The van der Waals surface area contributed by atoms with Gasteiger partial charge in [-0.05, 0) is 48.9 Å². The first-order valence-electron chi connectivity index (χ1n) is 11.1. The Morgan fingerprint density at radius 1 is 0.767 bits per heavy atom. The maximum Gasteiger partial charge on any atom is 0.255 e. The summed E-state index contributed by atoms with van der Waals surface area (Å²) < 4.78 is 0. The first-order chi connectivity index (χ1) is 14.6. The van der Waals surface area contributed by atoms with Crippen LogP contribution in [0.3, 0.4) is 0 Å². The van der Waals surface area contributed by atoms with E-state index in [2.05, 4.69) is 17.6 Å². The lowest BCUT2D eigenvalue weighted by Crippen LogP contribution is -2.13. The zero-order chi connectivity index (χ0) is 21.6. The molecule has 0 fully saturated rings. The Balaban J connectivity index is 1.64. The van der Waals surface area contributed by atoms with E-state index in [0.29, 0.717) is 22.7 Å². The van der Waals surface area contributed by atoms with Crippen LogP contribution in [0.4, 0.5) is 11.4 Å². The Hall–Kier alpha value is -2.33. The van der Waals surface area contributed by atoms with Crippen LogP contribution in [0.2, 0.25) is 5.02 Å². The Morgan fingerprint density at radius 3 is 1.93 bits per heavy atom. The molecule has 0 aliphatic rings. The first-order valence-corrected chi connectivity index (χ1v) is 11.4. The molecule has 0 saturated carbocycles. The van der Waals surface area contributed by atoms with E-state index in [1.54, 1.807) is 48.5 Å². The Bertz CT molecular complexity index is 790. The van der Waals surface area contributed by atoms with Gasteiger partial charge in [0.25, 0.3) is 5.91 Å². The van der Waals surface area contributed by atoms with Gasteiger partial charge >= 0.3 is 0 Å². The number of carbonyl (C=O) groups is 2. The van der Waals surface area contributed by atoms with Gasteiger partial charge in [-0.3, -0.25) is 9.59 Å². The van der Waals surface area contributed by atoms with Crippen molar-refractivity contribution in [3.63, 3.8) is 0 Å². The number of rotatable bonds is 13. The largest absolute Gasteiger partial charge is 0.326 e. The molecule has 0 spiro atoms. The third kappa shape index (κ3) is 9.45. The average molecular weight is 429 g/mol. The molecule has 2 amide bonds. The highest BCUT2D eigenvalue weighted by atomic mass is 35.5. The summed E-state index contributed by atoms with van der Waals surface area (Å²) >= 11 is 5.93. The van der Waals surface area contributed by atoms with Crippen molar-refractivity contribution in [1.82, 2.24) is 0 Å². The number of unbranched alkanes of at least 4 members (excludes halogenated alkanes) is 8. The van der Waals surface area contributed by atoms with Crippen LogP contribution in [0.15, 0.2) is 48.5 Å². The molecule has 0 aliphatic carbocycles. The molecule has 0 heterocycles. The van der Waals surface area contributed by atoms with E-state index in [-0.39, 0.29) is 11.8 Å². The van der Waals surface area contributed by atoms with Crippen LogP contribution in [-0.2, 0) is 4.79 Å². The lowest BCUT2D eigenvalue weighted by molar-refractivity contribution is -0.116. The second kappa shape index (κ2) is 13.8. The molecule has 0 aromatic heterocycles. The molecule has 2 N–H and O–H groups in total. The van der Waals surface area contributed by atoms with Crippen LogP contribution in [0.1, 0.15) is 81.5 Å². The molecule has 2 aromatic rings. The molecular formula is C25H33ClN2O2. The molecule has 0 aliphatic heterocycles. The summed E-state index contributed by atoms with van der Waals surface area (Å²) in [6.07, 6.45) is 11.7. The topological polar surface area (TPSA) is 58.2 Å². The molecular weight excluding hydrogens is 396 g/mol. The molecule has 0 bridgehead atoms. The van der Waals surface area contributed by atoms with Crippen molar-refractivity contribution < 1.29 is 9.59 Å². The number of halogens is 1. The fourth-order valence-corrected chi connectivity index (χ4v) is 3.48. The van der Waals surface area contributed by atoms with Gasteiger partial charge in [0.15, 0.2) is 0 Å². The van der Waals surface area contributed by atoms with Crippen LogP contribution < -0.4 is 10.6 Å². The van der Waals surface area contributed by atoms with Crippen LogP contribution in [-0.4, -0.2) is 11.8 Å². The first kappa shape index (κ1) is 23.9. The fourth-order valence-electron chi connectivity index (χ4n) is 3.29. The standard InChI is InChI=1S/C25H33ClN2O2/c1-2-3-4-5-6-7-8-9-10-14-24(29)27-22-15-17-23(18-16-22)28-25(30)20-12-11-13-21(26)19-20/h11-13,15-19H,2-10,14H2,1H3,(H,27,29)(H,28,30). The maximum atomic E-state index is 12.2. The maximum absolute atomic E-state index is 12.2. The number of amides is 2. The summed E-state index contributed by atoms with van der Waals surface area (Å²) in [4.78, 5) is 24.4. The molecule has 0 atom stereocenters. The van der Waals surface area contributed by atoms with Gasteiger partial charge in [0.1, 0.15) is 0 Å². The Morgan fingerprint density at radius 2 is 1.33 bits per heavy atom. The van der Waals surface area contributed by atoms with Crippen molar-refractivity contribution in [2.24, 2.45) is 0 Å². The lowest BCUT2D eigenvalue weighted by atomic mass is 10.1. The minimum atomic E-state index is -0.223. The number of nitrogens with one attached hydrogen (secondary N) is 2. The zero-order valence-electron chi connectivity index (χ0n) is 17.9. The third-order valence-corrected chi connectivity index (χ3v) is 5.26. The SMILES string of the molecule is CCCCCCCCCCCC(=O)Nc1ccc(NC(=O)c2cccc(Cl)c2)cc1. The van der Waals surface area contributed by atoms with Crippen LogP contribution >= 0.6 is 11.6 Å². The number of hydrogen-bond acceptors (Lipinski definition) is 2. The van der Waals surface area contributed by atoms with Gasteiger partial charge in [0.2, 0.25) is 5.91 Å². The molecule has 4 nitrogen and oxygen atoms in total. The highest BCUT2D eigenvalue weighted by molar-refractivity contribution is 6.31. The molecule has 0 unspecified atom stereocenters. The summed E-state index contributed by atoms with van der Waals surface area (Å²) in [6.45, 7) is 2.24. The molecule has 0 saturated heterocycles. The van der Waals surface area contributed by atoms with Gasteiger partial charge in [-0.2, -0.15) is 0 Å². The molecule has 5 heteroatoms. The molecule has 2 aromatic carbocycles. The van der Waals surface area contributed by atoms with E-state index < -0.39 is 0 Å². The van der Waals surface area contributed by atoms with Gasteiger partial charge < -0.3 is 10.6 Å². The molecule has 0 radical (unpaired) electrons. The van der Waals surface area contributed by atoms with Crippen molar-refractivity contribution >= 4 is 34.8 Å². The number of hydrogen-bond donors (Lipinski definition) is 2. The summed E-state index contributed by atoms with van der Waals surface area (Å²) in [5, 5.41) is 6.26. The Kier molecular flexibility index (Phi) is 11.0. The van der Waals surface area contributed by atoms with Gasteiger partial charge in [0, 0.05) is 28.4 Å². The number of anilines is 2. The zero-order valence-corrected chi connectivity index (χ0v) is 18.6. The molecule has 30 heavy (non-hydrogen) atoms. The number of benzene rings is 2. The van der Waals surface area contributed by atoms with Gasteiger partial charge in [0.05, 0.1) is 0 Å². The molecule has 162 valence electrons. The van der Waals surface area contributed by atoms with Crippen molar-refractivity contribution in [3.8, 4) is 0 Å². The van der Waals surface area contributed by atoms with Gasteiger partial charge in [-0.1, -0.05) is 76.0 Å². The minimum absolute atomic E-state index is 0.0358. The average Bonchev–Trinajstić information content (AvgIpc) is 2.74. The van der Waals surface area contributed by atoms with Crippen LogP contribution in [0, 0.1) is 0 Å². The molecule has 2 rings (SSSR count). The van der Waals surface area contributed by atoms with Crippen molar-refractivity contribution in [3.05, 3.63) is 59.1 Å². The Labute approximate surface area is 185 Å². The smallest absolute Gasteiger partial charge is 0.255 e. The summed E-state index contributed by atoms with van der Waals surface area (Å²) in [5.74, 6) is -0.187. The van der Waals surface area contributed by atoms with Crippen molar-refractivity contribution in [2.75, 3.05) is 10.6 Å². The van der Waals surface area contributed by atoms with Gasteiger partial charge in [-0.25, -0.2) is 0 Å². The lowest BCUT2D eigenvalue weighted by Gasteiger charge is -2.08.